The number of primary amides is 1. The van der Waals surface area contributed by atoms with Crippen molar-refractivity contribution in [2.75, 3.05) is 27.2 Å². The second kappa shape index (κ2) is 9.57. The van der Waals surface area contributed by atoms with Crippen LogP contribution in [0.25, 0.3) is 11.3 Å². The number of ketones is 2. The van der Waals surface area contributed by atoms with Crippen molar-refractivity contribution in [2.24, 2.45) is 17.6 Å². The van der Waals surface area contributed by atoms with E-state index in [4.69, 9.17) is 10.2 Å². The van der Waals surface area contributed by atoms with Gasteiger partial charge < -0.3 is 30.6 Å². The van der Waals surface area contributed by atoms with Crippen LogP contribution in [0.1, 0.15) is 40.9 Å². The number of phenols is 1. The molecule has 216 valence electrons. The lowest BCUT2D eigenvalue weighted by Gasteiger charge is -2.50. The summed E-state index contributed by atoms with van der Waals surface area (Å²) < 4.78 is 6.17. The number of carbonyl (C=O) groups excluding carboxylic acids is 3. The van der Waals surface area contributed by atoms with Gasteiger partial charge in [-0.05, 0) is 88.6 Å². The van der Waals surface area contributed by atoms with Crippen LogP contribution in [0, 0.1) is 11.8 Å². The number of phenolic OH excluding ortho intramolecular Hbond substituents is 1. The molecule has 41 heavy (non-hydrogen) atoms. The smallest absolute Gasteiger partial charge is 0.255 e. The van der Waals surface area contributed by atoms with E-state index in [-0.39, 0.29) is 29.7 Å². The van der Waals surface area contributed by atoms with Gasteiger partial charge in [0.1, 0.15) is 34.4 Å². The number of fused-ring (bicyclic) bond motifs is 3. The van der Waals surface area contributed by atoms with Crippen molar-refractivity contribution < 1.29 is 39.2 Å². The van der Waals surface area contributed by atoms with E-state index in [2.05, 4.69) is 4.90 Å². The van der Waals surface area contributed by atoms with E-state index in [0.717, 1.165) is 31.7 Å². The molecule has 1 fully saturated rings. The number of Topliss-reactive ketones (excluding diaryl/α,β-unsaturated/α-hetero) is 2. The molecule has 0 bridgehead atoms. The van der Waals surface area contributed by atoms with Gasteiger partial charge in [-0.1, -0.05) is 0 Å². The highest BCUT2D eigenvalue weighted by atomic mass is 16.4. The molecule has 1 aromatic heterocycles. The van der Waals surface area contributed by atoms with Gasteiger partial charge in [-0.15, -0.1) is 0 Å². The molecule has 1 saturated heterocycles. The Morgan fingerprint density at radius 1 is 1.12 bits per heavy atom. The summed E-state index contributed by atoms with van der Waals surface area (Å²) in [4.78, 5) is 43.3. The minimum absolute atomic E-state index is 0.0270. The van der Waals surface area contributed by atoms with Crippen LogP contribution in [-0.4, -0.2) is 86.5 Å². The standard InChI is InChI=1S/C30H33N3O8/c1-32(2)24-18-12-14-11-17-16(20-8-5-15(41-20)13-33-9-3-4-10-33)6-7-19(34)22(17)25(35)21(14)27(37)30(18,40)28(38)23(26(24)36)29(31)39/h5-8,14,18,24,34,36-37,40H,3-4,9-13H2,1-2H3,(H2,31,39)/t14-,18+,24-,30+/m1/s1. The lowest BCUT2D eigenvalue weighted by Crippen LogP contribution is -2.63. The number of allylic oxidation sites excluding steroid dienone is 1. The van der Waals surface area contributed by atoms with Crippen molar-refractivity contribution in [3.05, 3.63) is 63.8 Å². The van der Waals surface area contributed by atoms with Crippen LogP contribution < -0.4 is 5.73 Å². The fourth-order valence-corrected chi connectivity index (χ4v) is 7.25. The van der Waals surface area contributed by atoms with Gasteiger partial charge in [0.2, 0.25) is 5.78 Å². The molecule has 11 nitrogen and oxygen atoms in total. The van der Waals surface area contributed by atoms with Gasteiger partial charge in [-0.25, -0.2) is 0 Å². The number of likely N-dealkylation sites (tertiary alicyclic amines) is 1. The predicted molar refractivity (Wildman–Crippen MR) is 146 cm³/mol. The van der Waals surface area contributed by atoms with Gasteiger partial charge in [0.15, 0.2) is 11.4 Å². The molecule has 0 unspecified atom stereocenters. The number of carbonyl (C=O) groups is 3. The van der Waals surface area contributed by atoms with Crippen LogP contribution in [-0.2, 0) is 22.6 Å². The first-order chi connectivity index (χ1) is 19.4. The second-order valence-corrected chi connectivity index (χ2v) is 11.7. The largest absolute Gasteiger partial charge is 0.510 e. The molecule has 1 aliphatic heterocycles. The highest BCUT2D eigenvalue weighted by Crippen LogP contribution is 2.53. The minimum atomic E-state index is -2.66. The first-order valence-electron chi connectivity index (χ1n) is 13.8. The van der Waals surface area contributed by atoms with Crippen molar-refractivity contribution in [2.45, 2.75) is 43.9 Å². The number of benzene rings is 1. The molecule has 1 amide bonds. The number of nitrogens with two attached hydrogens (primary N) is 1. The number of aliphatic hydroxyl groups excluding tert-OH is 2. The molecule has 4 aliphatic rings. The third-order valence-electron chi connectivity index (χ3n) is 9.11. The Labute approximate surface area is 236 Å². The summed E-state index contributed by atoms with van der Waals surface area (Å²) in [7, 11) is 3.19. The average molecular weight is 564 g/mol. The van der Waals surface area contributed by atoms with E-state index in [1.54, 1.807) is 20.2 Å². The molecule has 2 aromatic rings. The van der Waals surface area contributed by atoms with E-state index in [0.29, 0.717) is 23.4 Å². The summed E-state index contributed by atoms with van der Waals surface area (Å²) in [6, 6.07) is 5.76. The zero-order valence-corrected chi connectivity index (χ0v) is 22.9. The number of aliphatic hydroxyl groups is 3. The number of furan rings is 1. The van der Waals surface area contributed by atoms with E-state index >= 15 is 0 Å². The number of hydrogen-bond donors (Lipinski definition) is 5. The van der Waals surface area contributed by atoms with Crippen molar-refractivity contribution in [3.63, 3.8) is 0 Å². The summed E-state index contributed by atoms with van der Waals surface area (Å²) in [5, 5.41) is 44.9. The maximum Gasteiger partial charge on any atom is 0.255 e. The lowest BCUT2D eigenvalue weighted by atomic mass is 9.58. The third-order valence-corrected chi connectivity index (χ3v) is 9.11. The normalized spacial score (nSPS) is 28.2. The van der Waals surface area contributed by atoms with Crippen molar-refractivity contribution in [1.82, 2.24) is 9.80 Å². The Morgan fingerprint density at radius 3 is 2.49 bits per heavy atom. The Morgan fingerprint density at radius 2 is 1.83 bits per heavy atom. The maximum absolute atomic E-state index is 13.9. The minimum Gasteiger partial charge on any atom is -0.510 e. The Balaban J connectivity index is 1.45. The number of aromatic hydroxyl groups is 1. The molecule has 0 spiro atoms. The topological polar surface area (TPSA) is 178 Å². The third kappa shape index (κ3) is 3.94. The first-order valence-corrected chi connectivity index (χ1v) is 13.8. The van der Waals surface area contributed by atoms with Crippen molar-refractivity contribution in [3.8, 4) is 17.1 Å². The molecule has 0 radical (unpaired) electrons. The second-order valence-electron chi connectivity index (χ2n) is 11.7. The maximum atomic E-state index is 13.9. The molecule has 2 heterocycles. The number of hydrogen-bond acceptors (Lipinski definition) is 10. The number of nitrogens with zero attached hydrogens (tertiary/aromatic N) is 2. The molecule has 11 heteroatoms. The van der Waals surface area contributed by atoms with Gasteiger partial charge in [-0.2, -0.15) is 0 Å². The fraction of sp³-hybridized carbons (Fsp3) is 0.433. The van der Waals surface area contributed by atoms with Gasteiger partial charge in [0.25, 0.3) is 5.91 Å². The number of rotatable bonds is 5. The van der Waals surface area contributed by atoms with Crippen LogP contribution in [0.3, 0.4) is 0 Å². The molecule has 3 aliphatic carbocycles. The zero-order valence-electron chi connectivity index (χ0n) is 22.9. The van der Waals surface area contributed by atoms with E-state index in [1.165, 1.54) is 11.0 Å². The Bertz CT molecular complexity index is 1550. The van der Waals surface area contributed by atoms with Crippen molar-refractivity contribution >= 4 is 17.5 Å². The van der Waals surface area contributed by atoms with Crippen LogP contribution in [0.2, 0.25) is 0 Å². The van der Waals surface area contributed by atoms with E-state index in [9.17, 15) is 34.8 Å². The summed E-state index contributed by atoms with van der Waals surface area (Å²) in [5.74, 6) is -5.42. The van der Waals surface area contributed by atoms with E-state index < -0.39 is 58.0 Å². The molecule has 6 N–H and O–H groups in total. The van der Waals surface area contributed by atoms with Gasteiger partial charge in [0.05, 0.1) is 18.2 Å². The van der Waals surface area contributed by atoms with Gasteiger partial charge in [-0.3, -0.25) is 24.2 Å². The molecular formula is C30H33N3O8. The Kier molecular flexibility index (Phi) is 6.36. The Hall–Kier alpha value is -3.93. The highest BCUT2D eigenvalue weighted by molar-refractivity contribution is 6.24. The quantitative estimate of drug-likeness (QED) is 0.338. The molecule has 1 aromatic carbocycles. The van der Waals surface area contributed by atoms with Crippen LogP contribution in [0.4, 0.5) is 0 Å². The number of amides is 1. The van der Waals surface area contributed by atoms with Crippen LogP contribution >= 0.6 is 0 Å². The monoisotopic (exact) mass is 563 g/mol. The van der Waals surface area contributed by atoms with Crippen molar-refractivity contribution in [1.29, 1.82) is 0 Å². The average Bonchev–Trinajstić information content (AvgIpc) is 3.59. The first kappa shape index (κ1) is 27.3. The lowest BCUT2D eigenvalue weighted by molar-refractivity contribution is -0.148. The zero-order chi connectivity index (χ0) is 29.4. The summed E-state index contributed by atoms with van der Waals surface area (Å²) in [6.07, 6.45) is 2.53. The number of likely N-dealkylation sites (N-methyl/N-ethyl adjacent to an activating group) is 1. The predicted octanol–water partition coefficient (Wildman–Crippen LogP) is 1.98. The van der Waals surface area contributed by atoms with Gasteiger partial charge >= 0.3 is 0 Å². The molecule has 0 saturated carbocycles. The SMILES string of the molecule is CN(C)[C@H]1C(O)=C(C(N)=O)C(=O)[C@@]2(O)C(O)=C3C(=O)c4c(O)ccc(-c5ccc(CN6CCCC6)o5)c4C[C@@H]3C[C@@H]12. The summed E-state index contributed by atoms with van der Waals surface area (Å²) in [6.45, 7) is 2.69. The van der Waals surface area contributed by atoms with E-state index in [1.807, 2.05) is 12.1 Å². The van der Waals surface area contributed by atoms with Gasteiger partial charge in [0, 0.05) is 17.1 Å². The summed E-state index contributed by atoms with van der Waals surface area (Å²) >= 11 is 0. The molecule has 6 rings (SSSR count). The van der Waals surface area contributed by atoms with Crippen LogP contribution in [0.5, 0.6) is 5.75 Å². The summed E-state index contributed by atoms with van der Waals surface area (Å²) in [5.41, 5.74) is 2.82. The highest BCUT2D eigenvalue weighted by Gasteiger charge is 2.63. The van der Waals surface area contributed by atoms with Crippen LogP contribution in [0.15, 0.2) is 51.3 Å². The fourth-order valence-electron chi connectivity index (χ4n) is 7.25. The molecule has 4 atom stereocenters. The molecular weight excluding hydrogens is 530 g/mol.